The van der Waals surface area contributed by atoms with E-state index in [0.717, 1.165) is 31.4 Å². The highest BCUT2D eigenvalue weighted by molar-refractivity contribution is 6.00. The largest absolute Gasteiger partial charge is 0.380 e. The Morgan fingerprint density at radius 3 is 2.66 bits per heavy atom. The molecule has 0 aliphatic heterocycles. The van der Waals surface area contributed by atoms with Gasteiger partial charge in [0, 0.05) is 24.6 Å². The predicted molar refractivity (Wildman–Crippen MR) is 122 cm³/mol. The Kier molecular flexibility index (Phi) is 5.83. The Hall–Kier alpha value is -2.74. The van der Waals surface area contributed by atoms with Crippen LogP contribution in [0.5, 0.6) is 0 Å². The Morgan fingerprint density at radius 2 is 2.00 bits per heavy atom. The van der Waals surface area contributed by atoms with Gasteiger partial charge < -0.3 is 16.8 Å². The van der Waals surface area contributed by atoms with Gasteiger partial charge in [-0.15, -0.1) is 0 Å². The number of Topliss-reactive ketones (excluding diaryl/α,β-unsaturated/α-hetero) is 1. The summed E-state index contributed by atoms with van der Waals surface area (Å²) in [5.74, 6) is -1.49. The van der Waals surface area contributed by atoms with Gasteiger partial charge in [-0.2, -0.15) is 5.10 Å². The maximum Gasteiger partial charge on any atom is 0.253 e. The number of ketones is 1. The standard InChI is InChI=1S/C24H32FN5O2/c1-4-16-22-19(11-24(2,3)12-20(22)31)30(29-16)13-9-14(25)21(23(27)32)18(10-13)28-17-8-6-5-7-15(17)26/h9-10,15,17,28H,4-8,11-12,26H2,1-3H3,(H2,27,32). The number of amides is 1. The second-order valence-corrected chi connectivity index (χ2v) is 9.89. The van der Waals surface area contributed by atoms with Crippen LogP contribution in [-0.2, 0) is 12.8 Å². The maximum atomic E-state index is 15.2. The van der Waals surface area contributed by atoms with Gasteiger partial charge in [0.2, 0.25) is 0 Å². The van der Waals surface area contributed by atoms with Gasteiger partial charge in [-0.25, -0.2) is 9.07 Å². The molecule has 7 nitrogen and oxygen atoms in total. The Labute approximate surface area is 187 Å². The van der Waals surface area contributed by atoms with E-state index in [-0.39, 0.29) is 28.8 Å². The van der Waals surface area contributed by atoms with Crippen LogP contribution in [-0.4, -0.2) is 33.6 Å². The van der Waals surface area contributed by atoms with Crippen molar-refractivity contribution in [3.63, 3.8) is 0 Å². The lowest BCUT2D eigenvalue weighted by Gasteiger charge is -2.31. The molecule has 2 aromatic rings. The third-order valence-corrected chi connectivity index (χ3v) is 6.68. The topological polar surface area (TPSA) is 116 Å². The third kappa shape index (κ3) is 4.03. The fraction of sp³-hybridized carbons (Fsp3) is 0.542. The van der Waals surface area contributed by atoms with Crippen molar-refractivity contribution in [2.75, 3.05) is 5.32 Å². The molecule has 1 aromatic heterocycles. The number of halogens is 1. The van der Waals surface area contributed by atoms with Gasteiger partial charge in [-0.1, -0.05) is 33.6 Å². The van der Waals surface area contributed by atoms with Crippen LogP contribution >= 0.6 is 0 Å². The quantitative estimate of drug-likeness (QED) is 0.657. The van der Waals surface area contributed by atoms with Gasteiger partial charge in [-0.05, 0) is 37.2 Å². The molecule has 2 aliphatic rings. The third-order valence-electron chi connectivity index (χ3n) is 6.68. The second-order valence-electron chi connectivity index (χ2n) is 9.89. The minimum absolute atomic E-state index is 0.0695. The first kappa shape index (κ1) is 22.5. The van der Waals surface area contributed by atoms with E-state index >= 15 is 4.39 Å². The van der Waals surface area contributed by atoms with E-state index in [9.17, 15) is 9.59 Å². The van der Waals surface area contributed by atoms with Crippen LogP contribution in [0.4, 0.5) is 10.1 Å². The number of fused-ring (bicyclic) bond motifs is 1. The highest BCUT2D eigenvalue weighted by atomic mass is 19.1. The van der Waals surface area contributed by atoms with E-state index in [2.05, 4.69) is 10.4 Å². The number of aryl methyl sites for hydroxylation is 1. The number of carbonyl (C=O) groups is 2. The summed E-state index contributed by atoms with van der Waals surface area (Å²) in [5, 5.41) is 7.96. The Balaban J connectivity index is 1.84. The van der Waals surface area contributed by atoms with Crippen LogP contribution < -0.4 is 16.8 Å². The van der Waals surface area contributed by atoms with Crippen LogP contribution in [0.3, 0.4) is 0 Å². The monoisotopic (exact) mass is 441 g/mol. The Bertz CT molecular complexity index is 1070. The van der Waals surface area contributed by atoms with Gasteiger partial charge in [0.15, 0.2) is 5.78 Å². The molecule has 32 heavy (non-hydrogen) atoms. The summed E-state index contributed by atoms with van der Waals surface area (Å²) < 4.78 is 16.8. The lowest BCUT2D eigenvalue weighted by atomic mass is 9.75. The predicted octanol–water partition coefficient (Wildman–Crippen LogP) is 3.51. The zero-order valence-corrected chi connectivity index (χ0v) is 19.0. The first-order chi connectivity index (χ1) is 15.1. The fourth-order valence-corrected chi connectivity index (χ4v) is 5.11. The molecule has 4 rings (SSSR count). The van der Waals surface area contributed by atoms with E-state index in [1.807, 2.05) is 20.8 Å². The second kappa shape index (κ2) is 8.31. The number of nitrogens with two attached hydrogens (primary N) is 2. The first-order valence-electron chi connectivity index (χ1n) is 11.4. The Morgan fingerprint density at radius 1 is 1.28 bits per heavy atom. The van der Waals surface area contributed by atoms with Crippen LogP contribution in [0.1, 0.15) is 85.0 Å². The molecule has 2 atom stereocenters. The highest BCUT2D eigenvalue weighted by Crippen LogP contribution is 2.38. The van der Waals surface area contributed by atoms with Crippen molar-refractivity contribution >= 4 is 17.4 Å². The molecular weight excluding hydrogens is 409 g/mol. The summed E-state index contributed by atoms with van der Waals surface area (Å²) in [6.45, 7) is 6.05. The minimum Gasteiger partial charge on any atom is -0.380 e. The maximum absolute atomic E-state index is 15.2. The summed E-state index contributed by atoms with van der Waals surface area (Å²) in [6.07, 6.45) is 5.49. The molecule has 0 bridgehead atoms. The van der Waals surface area contributed by atoms with E-state index in [1.54, 1.807) is 10.7 Å². The van der Waals surface area contributed by atoms with Crippen molar-refractivity contribution in [3.05, 3.63) is 40.5 Å². The van der Waals surface area contributed by atoms with Crippen LogP contribution in [0.2, 0.25) is 0 Å². The summed E-state index contributed by atoms with van der Waals surface area (Å²) in [6, 6.07) is 2.81. The fourth-order valence-electron chi connectivity index (χ4n) is 5.11. The molecule has 1 heterocycles. The molecule has 1 fully saturated rings. The number of nitrogens with one attached hydrogen (secondary N) is 1. The van der Waals surface area contributed by atoms with Crippen molar-refractivity contribution in [2.45, 2.75) is 77.8 Å². The van der Waals surface area contributed by atoms with Crippen LogP contribution in [0, 0.1) is 11.2 Å². The van der Waals surface area contributed by atoms with Gasteiger partial charge >= 0.3 is 0 Å². The van der Waals surface area contributed by atoms with E-state index < -0.39 is 11.7 Å². The number of benzene rings is 1. The van der Waals surface area contributed by atoms with Gasteiger partial charge in [0.25, 0.3) is 5.91 Å². The number of carbonyl (C=O) groups excluding carboxylic acids is 2. The molecule has 172 valence electrons. The van der Waals surface area contributed by atoms with E-state index in [0.29, 0.717) is 41.9 Å². The molecule has 0 radical (unpaired) electrons. The van der Waals surface area contributed by atoms with Crippen molar-refractivity contribution in [2.24, 2.45) is 16.9 Å². The number of anilines is 1. The number of aromatic nitrogens is 2. The summed E-state index contributed by atoms with van der Waals surface area (Å²) in [5.41, 5.74) is 14.3. The number of rotatable bonds is 5. The molecule has 2 aliphatic carbocycles. The molecular formula is C24H32FN5O2. The molecule has 5 N–H and O–H groups in total. The van der Waals surface area contributed by atoms with Gasteiger partial charge in [0.1, 0.15) is 5.82 Å². The van der Waals surface area contributed by atoms with Gasteiger partial charge in [0.05, 0.1) is 33.9 Å². The molecule has 0 saturated heterocycles. The smallest absolute Gasteiger partial charge is 0.253 e. The van der Waals surface area contributed by atoms with Crippen molar-refractivity contribution in [1.29, 1.82) is 0 Å². The average Bonchev–Trinajstić information content (AvgIpc) is 3.06. The number of nitrogens with zero attached hydrogens (tertiary/aromatic N) is 2. The lowest BCUT2D eigenvalue weighted by Crippen LogP contribution is -2.43. The summed E-state index contributed by atoms with van der Waals surface area (Å²) in [7, 11) is 0. The normalized spacial score (nSPS) is 22.5. The molecule has 2 unspecified atom stereocenters. The molecule has 1 saturated carbocycles. The van der Waals surface area contributed by atoms with Crippen molar-refractivity contribution in [1.82, 2.24) is 9.78 Å². The average molecular weight is 442 g/mol. The van der Waals surface area contributed by atoms with Gasteiger partial charge in [-0.3, -0.25) is 9.59 Å². The molecule has 1 aromatic carbocycles. The van der Waals surface area contributed by atoms with E-state index in [4.69, 9.17) is 11.5 Å². The summed E-state index contributed by atoms with van der Waals surface area (Å²) in [4.78, 5) is 25.0. The van der Waals surface area contributed by atoms with Crippen molar-refractivity contribution in [3.8, 4) is 5.69 Å². The van der Waals surface area contributed by atoms with Crippen LogP contribution in [0.25, 0.3) is 5.69 Å². The molecule has 0 spiro atoms. The number of hydrogen-bond acceptors (Lipinski definition) is 5. The number of primary amides is 1. The zero-order valence-electron chi connectivity index (χ0n) is 19.0. The summed E-state index contributed by atoms with van der Waals surface area (Å²) >= 11 is 0. The minimum atomic E-state index is -0.839. The molecule has 8 heteroatoms. The first-order valence-corrected chi connectivity index (χ1v) is 11.4. The number of hydrogen-bond donors (Lipinski definition) is 3. The zero-order chi connectivity index (χ0) is 23.2. The van der Waals surface area contributed by atoms with E-state index in [1.165, 1.54) is 6.07 Å². The highest BCUT2D eigenvalue weighted by Gasteiger charge is 2.36. The molecule has 1 amide bonds. The lowest BCUT2D eigenvalue weighted by molar-refractivity contribution is 0.0909. The van der Waals surface area contributed by atoms with Crippen LogP contribution in [0.15, 0.2) is 12.1 Å². The SMILES string of the molecule is CCc1nn(-c2cc(F)c(C(N)=O)c(NC3CCCCC3N)c2)c2c1C(=O)CC(C)(C)C2. The van der Waals surface area contributed by atoms with Crippen molar-refractivity contribution < 1.29 is 14.0 Å².